The van der Waals surface area contributed by atoms with Crippen LogP contribution < -0.4 is 11.1 Å². The zero-order chi connectivity index (χ0) is 15.2. The van der Waals surface area contributed by atoms with Crippen molar-refractivity contribution in [2.75, 3.05) is 6.54 Å². The molecular weight excluding hydrogens is 268 g/mol. The molecule has 1 heterocycles. The summed E-state index contributed by atoms with van der Waals surface area (Å²) in [4.78, 5) is 16.3. The van der Waals surface area contributed by atoms with Crippen LogP contribution in [0.25, 0.3) is 0 Å². The lowest BCUT2D eigenvalue weighted by Crippen LogP contribution is -2.24. The van der Waals surface area contributed by atoms with E-state index in [0.717, 1.165) is 5.56 Å². The first kappa shape index (κ1) is 14.8. The van der Waals surface area contributed by atoms with E-state index in [4.69, 9.17) is 10.3 Å². The van der Waals surface area contributed by atoms with Crippen LogP contribution in [-0.2, 0) is 6.54 Å². The van der Waals surface area contributed by atoms with Gasteiger partial charge in [-0.15, -0.1) is 0 Å². The van der Waals surface area contributed by atoms with Crippen molar-refractivity contribution in [2.45, 2.75) is 20.4 Å². The first-order valence-corrected chi connectivity index (χ1v) is 6.47. The van der Waals surface area contributed by atoms with Crippen LogP contribution in [0.3, 0.4) is 0 Å². The molecule has 1 aromatic heterocycles. The van der Waals surface area contributed by atoms with Crippen molar-refractivity contribution >= 4 is 5.91 Å². The van der Waals surface area contributed by atoms with Crippen LogP contribution >= 0.6 is 0 Å². The lowest BCUT2D eigenvalue weighted by molar-refractivity contribution is 0.0946. The summed E-state index contributed by atoms with van der Waals surface area (Å²) >= 11 is 0. The molecule has 108 valence electrons. The molecule has 0 unspecified atom stereocenters. The maximum absolute atomic E-state index is 12.3. The predicted molar refractivity (Wildman–Crippen MR) is 77.3 cm³/mol. The molecule has 1 amide bonds. The molecule has 0 aliphatic carbocycles. The minimum Gasteiger partial charge on any atom is -0.343 e. The number of benzene rings is 1. The Morgan fingerprint density at radius 2 is 2.24 bits per heavy atom. The summed E-state index contributed by atoms with van der Waals surface area (Å²) in [6.45, 7) is 4.06. The monoisotopic (exact) mass is 284 g/mol. The van der Waals surface area contributed by atoms with Gasteiger partial charge in [0.2, 0.25) is 5.89 Å². The topological polar surface area (TPSA) is 94.0 Å². The van der Waals surface area contributed by atoms with E-state index in [9.17, 15) is 4.79 Å². The summed E-state index contributed by atoms with van der Waals surface area (Å²) in [5, 5.41) is 6.40. The SMILES string of the molecule is Cc1ccc(C#CCN)c(C(=O)NCc2nc(C)no2)c1. The van der Waals surface area contributed by atoms with Crippen molar-refractivity contribution in [3.05, 3.63) is 46.6 Å². The van der Waals surface area contributed by atoms with E-state index < -0.39 is 0 Å². The largest absolute Gasteiger partial charge is 0.343 e. The summed E-state index contributed by atoms with van der Waals surface area (Å²) in [6.07, 6.45) is 0. The van der Waals surface area contributed by atoms with Gasteiger partial charge in [-0.05, 0) is 26.0 Å². The van der Waals surface area contributed by atoms with Crippen LogP contribution in [0, 0.1) is 25.7 Å². The number of nitrogens with zero attached hydrogens (tertiary/aromatic N) is 2. The Kier molecular flexibility index (Phi) is 4.69. The Hall–Kier alpha value is -2.65. The minimum atomic E-state index is -0.240. The van der Waals surface area contributed by atoms with Crippen LogP contribution in [0.5, 0.6) is 0 Å². The smallest absolute Gasteiger partial charge is 0.252 e. The maximum atomic E-state index is 12.3. The first-order valence-electron chi connectivity index (χ1n) is 6.47. The van der Waals surface area contributed by atoms with E-state index in [0.29, 0.717) is 22.8 Å². The van der Waals surface area contributed by atoms with Gasteiger partial charge in [0.25, 0.3) is 5.91 Å². The van der Waals surface area contributed by atoms with Gasteiger partial charge in [-0.25, -0.2) is 0 Å². The first-order chi connectivity index (χ1) is 10.1. The molecular formula is C15H16N4O2. The average Bonchev–Trinajstić information content (AvgIpc) is 2.89. The van der Waals surface area contributed by atoms with Gasteiger partial charge in [0, 0.05) is 5.56 Å². The molecule has 2 aromatic rings. The van der Waals surface area contributed by atoms with E-state index >= 15 is 0 Å². The number of carbonyl (C=O) groups is 1. The fourth-order valence-electron chi connectivity index (χ4n) is 1.76. The molecule has 0 atom stereocenters. The third-order valence-electron chi connectivity index (χ3n) is 2.71. The molecule has 0 radical (unpaired) electrons. The highest BCUT2D eigenvalue weighted by atomic mass is 16.5. The highest BCUT2D eigenvalue weighted by Crippen LogP contribution is 2.11. The van der Waals surface area contributed by atoms with Gasteiger partial charge in [0.15, 0.2) is 5.82 Å². The van der Waals surface area contributed by atoms with Crippen LogP contribution in [0.1, 0.15) is 33.2 Å². The number of carbonyl (C=O) groups excluding carboxylic acids is 1. The second-order valence-electron chi connectivity index (χ2n) is 4.47. The van der Waals surface area contributed by atoms with E-state index in [1.54, 1.807) is 13.0 Å². The molecule has 0 saturated heterocycles. The number of aromatic nitrogens is 2. The summed E-state index contributed by atoms with van der Waals surface area (Å²) in [5.74, 6) is 6.31. The third-order valence-corrected chi connectivity index (χ3v) is 2.71. The molecule has 3 N–H and O–H groups in total. The molecule has 0 fully saturated rings. The standard InChI is InChI=1S/C15H16N4O2/c1-10-5-6-12(4-3-7-16)13(8-10)15(20)17-9-14-18-11(2)19-21-14/h5-6,8H,7,9,16H2,1-2H3,(H,17,20). The highest BCUT2D eigenvalue weighted by Gasteiger charge is 2.12. The molecule has 6 nitrogen and oxygen atoms in total. The molecule has 2 rings (SSSR count). The fourth-order valence-corrected chi connectivity index (χ4v) is 1.76. The number of nitrogens with one attached hydrogen (secondary N) is 1. The van der Waals surface area contributed by atoms with Gasteiger partial charge in [-0.3, -0.25) is 4.79 Å². The number of nitrogens with two attached hydrogens (primary N) is 1. The van der Waals surface area contributed by atoms with Crippen molar-refractivity contribution < 1.29 is 9.32 Å². The minimum absolute atomic E-state index is 0.178. The molecule has 0 saturated carbocycles. The van der Waals surface area contributed by atoms with Gasteiger partial charge in [-0.2, -0.15) is 4.98 Å². The Balaban J connectivity index is 2.15. The van der Waals surface area contributed by atoms with Gasteiger partial charge >= 0.3 is 0 Å². The number of hydrogen-bond donors (Lipinski definition) is 2. The van der Waals surface area contributed by atoms with E-state index in [-0.39, 0.29) is 19.0 Å². The van der Waals surface area contributed by atoms with Crippen molar-refractivity contribution in [3.63, 3.8) is 0 Å². The van der Waals surface area contributed by atoms with E-state index in [1.807, 2.05) is 19.1 Å². The number of aryl methyl sites for hydroxylation is 2. The van der Waals surface area contributed by atoms with Crippen LogP contribution in [-0.4, -0.2) is 22.6 Å². The second-order valence-corrected chi connectivity index (χ2v) is 4.47. The van der Waals surface area contributed by atoms with Crippen LogP contribution in [0.2, 0.25) is 0 Å². The molecule has 0 aliphatic rings. The molecule has 1 aromatic carbocycles. The molecule has 0 aliphatic heterocycles. The Morgan fingerprint density at radius 1 is 1.43 bits per heavy atom. The highest BCUT2D eigenvalue weighted by molar-refractivity contribution is 5.96. The summed E-state index contributed by atoms with van der Waals surface area (Å²) in [7, 11) is 0. The predicted octanol–water partition coefficient (Wildman–Crippen LogP) is 0.927. The average molecular weight is 284 g/mol. The Labute approximate surface area is 122 Å². The summed E-state index contributed by atoms with van der Waals surface area (Å²) in [5.41, 5.74) is 7.50. The van der Waals surface area contributed by atoms with Gasteiger partial charge < -0.3 is 15.6 Å². The quantitative estimate of drug-likeness (QED) is 0.818. The van der Waals surface area contributed by atoms with Gasteiger partial charge in [0.1, 0.15) is 0 Å². The Bertz CT molecular complexity index is 710. The lowest BCUT2D eigenvalue weighted by Gasteiger charge is -2.06. The van der Waals surface area contributed by atoms with Crippen molar-refractivity contribution in [1.82, 2.24) is 15.5 Å². The Morgan fingerprint density at radius 3 is 2.90 bits per heavy atom. The molecule has 0 bridgehead atoms. The fraction of sp³-hybridized carbons (Fsp3) is 0.267. The molecule has 6 heteroatoms. The van der Waals surface area contributed by atoms with Crippen molar-refractivity contribution in [1.29, 1.82) is 0 Å². The molecule has 21 heavy (non-hydrogen) atoms. The normalized spacial score (nSPS) is 9.86. The third kappa shape index (κ3) is 3.91. The van der Waals surface area contributed by atoms with E-state index in [2.05, 4.69) is 27.3 Å². The second kappa shape index (κ2) is 6.68. The number of amides is 1. The summed E-state index contributed by atoms with van der Waals surface area (Å²) < 4.78 is 4.95. The van der Waals surface area contributed by atoms with Crippen LogP contribution in [0.15, 0.2) is 22.7 Å². The van der Waals surface area contributed by atoms with E-state index in [1.165, 1.54) is 0 Å². The zero-order valence-corrected chi connectivity index (χ0v) is 11.9. The number of rotatable bonds is 3. The lowest BCUT2D eigenvalue weighted by atomic mass is 10.0. The van der Waals surface area contributed by atoms with Gasteiger partial charge in [0.05, 0.1) is 18.7 Å². The van der Waals surface area contributed by atoms with Crippen molar-refractivity contribution in [3.8, 4) is 11.8 Å². The number of hydrogen-bond acceptors (Lipinski definition) is 5. The van der Waals surface area contributed by atoms with Crippen LogP contribution in [0.4, 0.5) is 0 Å². The summed E-state index contributed by atoms with van der Waals surface area (Å²) in [6, 6.07) is 5.50. The molecule has 0 spiro atoms. The van der Waals surface area contributed by atoms with Gasteiger partial charge in [-0.1, -0.05) is 28.6 Å². The van der Waals surface area contributed by atoms with Crippen molar-refractivity contribution in [2.24, 2.45) is 5.73 Å². The maximum Gasteiger partial charge on any atom is 0.252 e. The zero-order valence-electron chi connectivity index (χ0n) is 11.9.